The predicted octanol–water partition coefficient (Wildman–Crippen LogP) is 1.70. The topological polar surface area (TPSA) is 80.4 Å². The van der Waals surface area contributed by atoms with Gasteiger partial charge in [-0.25, -0.2) is 12.8 Å². The summed E-state index contributed by atoms with van der Waals surface area (Å²) in [6.07, 6.45) is 0. The van der Waals surface area contributed by atoms with E-state index in [0.29, 0.717) is 5.56 Å². The molecule has 0 aromatic heterocycles. The highest BCUT2D eigenvalue weighted by Gasteiger charge is 2.70. The first kappa shape index (κ1) is 16.1. The van der Waals surface area contributed by atoms with Crippen LogP contribution < -0.4 is 5.73 Å². The number of hydrogen-bond acceptors (Lipinski definition) is 4. The molecule has 0 bridgehead atoms. The SMILES string of the molecule is NC[C@@]1(CO)[C@@H](c2ccc(F)cc2)[C@@H]1S(=O)(=O)c1ccccc1. The Balaban J connectivity index is 2.05. The number of aliphatic hydroxyl groups is 1. The third-order valence-corrected chi connectivity index (χ3v) is 7.03. The molecule has 3 N–H and O–H groups in total. The highest BCUT2D eigenvalue weighted by atomic mass is 32.2. The van der Waals surface area contributed by atoms with Gasteiger partial charge in [0.15, 0.2) is 9.84 Å². The molecule has 0 aliphatic heterocycles. The quantitative estimate of drug-likeness (QED) is 0.871. The van der Waals surface area contributed by atoms with Crippen molar-refractivity contribution in [3.63, 3.8) is 0 Å². The number of rotatable bonds is 5. The summed E-state index contributed by atoms with van der Waals surface area (Å²) in [6, 6.07) is 13.8. The van der Waals surface area contributed by atoms with Gasteiger partial charge in [0.1, 0.15) is 5.82 Å². The van der Waals surface area contributed by atoms with Crippen LogP contribution in [-0.2, 0) is 9.84 Å². The summed E-state index contributed by atoms with van der Waals surface area (Å²) in [4.78, 5) is 0.209. The van der Waals surface area contributed by atoms with Gasteiger partial charge in [-0.2, -0.15) is 0 Å². The first-order chi connectivity index (χ1) is 11.0. The highest BCUT2D eigenvalue weighted by Crippen LogP contribution is 2.63. The number of hydrogen-bond donors (Lipinski definition) is 2. The monoisotopic (exact) mass is 335 g/mol. The van der Waals surface area contributed by atoms with Crippen molar-refractivity contribution in [3.8, 4) is 0 Å². The summed E-state index contributed by atoms with van der Waals surface area (Å²) in [6.45, 7) is -0.287. The van der Waals surface area contributed by atoms with Gasteiger partial charge in [-0.15, -0.1) is 0 Å². The van der Waals surface area contributed by atoms with Crippen molar-refractivity contribution in [2.75, 3.05) is 13.2 Å². The summed E-state index contributed by atoms with van der Waals surface area (Å²) >= 11 is 0. The lowest BCUT2D eigenvalue weighted by atomic mass is 10.0. The molecule has 23 heavy (non-hydrogen) atoms. The Morgan fingerprint density at radius 1 is 1.09 bits per heavy atom. The van der Waals surface area contributed by atoms with E-state index >= 15 is 0 Å². The standard InChI is InChI=1S/C17H18FNO3S/c18-13-8-6-12(7-9-13)15-16(17(15,10-19)11-20)23(21,22)14-4-2-1-3-5-14/h1-9,15-16,20H,10-11,19H2/t15-,16-,17+/m0/s1. The predicted molar refractivity (Wildman–Crippen MR) is 85.1 cm³/mol. The molecule has 6 heteroatoms. The fourth-order valence-corrected chi connectivity index (χ4v) is 5.84. The third-order valence-electron chi connectivity index (χ3n) is 4.69. The molecule has 0 saturated heterocycles. The minimum atomic E-state index is -3.64. The van der Waals surface area contributed by atoms with Crippen LogP contribution in [0.1, 0.15) is 11.5 Å². The van der Waals surface area contributed by atoms with E-state index in [2.05, 4.69) is 0 Å². The minimum Gasteiger partial charge on any atom is -0.396 e. The summed E-state index contributed by atoms with van der Waals surface area (Å²) < 4.78 is 39.0. The second-order valence-corrected chi connectivity index (χ2v) is 7.97. The first-order valence-electron chi connectivity index (χ1n) is 7.33. The lowest BCUT2D eigenvalue weighted by molar-refractivity contribution is 0.212. The maximum Gasteiger partial charge on any atom is 0.182 e. The molecule has 1 aliphatic rings. The van der Waals surface area contributed by atoms with Crippen molar-refractivity contribution in [1.82, 2.24) is 0 Å². The summed E-state index contributed by atoms with van der Waals surface area (Å²) in [5, 5.41) is 9.00. The Labute approximate surface area is 134 Å². The fraction of sp³-hybridized carbons (Fsp3) is 0.294. The van der Waals surface area contributed by atoms with Crippen LogP contribution in [0.5, 0.6) is 0 Å². The Morgan fingerprint density at radius 3 is 2.22 bits per heavy atom. The van der Waals surface area contributed by atoms with Crippen molar-refractivity contribution in [2.45, 2.75) is 16.1 Å². The minimum absolute atomic E-state index is 0.0439. The molecule has 0 radical (unpaired) electrons. The molecule has 2 aromatic rings. The van der Waals surface area contributed by atoms with Crippen LogP contribution in [0, 0.1) is 11.2 Å². The van der Waals surface area contributed by atoms with E-state index in [1.54, 1.807) is 30.3 Å². The molecule has 1 fully saturated rings. The Morgan fingerprint density at radius 2 is 1.70 bits per heavy atom. The number of aliphatic hydroxyl groups excluding tert-OH is 1. The van der Waals surface area contributed by atoms with Crippen LogP contribution in [0.3, 0.4) is 0 Å². The van der Waals surface area contributed by atoms with E-state index in [1.807, 2.05) is 0 Å². The summed E-state index contributed by atoms with van der Waals surface area (Å²) in [7, 11) is -3.64. The smallest absolute Gasteiger partial charge is 0.182 e. The van der Waals surface area contributed by atoms with Crippen molar-refractivity contribution >= 4 is 9.84 Å². The molecule has 1 aliphatic carbocycles. The van der Waals surface area contributed by atoms with Crippen LogP contribution in [-0.4, -0.2) is 31.9 Å². The maximum absolute atomic E-state index is 13.1. The van der Waals surface area contributed by atoms with Crippen molar-refractivity contribution in [1.29, 1.82) is 0 Å². The van der Waals surface area contributed by atoms with Crippen LogP contribution in [0.25, 0.3) is 0 Å². The van der Waals surface area contributed by atoms with E-state index in [0.717, 1.165) is 0 Å². The van der Waals surface area contributed by atoms with E-state index in [9.17, 15) is 17.9 Å². The first-order valence-corrected chi connectivity index (χ1v) is 8.87. The van der Waals surface area contributed by atoms with Gasteiger partial charge in [-0.05, 0) is 29.8 Å². The molecule has 0 amide bonds. The maximum atomic E-state index is 13.1. The van der Waals surface area contributed by atoms with Crippen LogP contribution >= 0.6 is 0 Å². The molecule has 0 heterocycles. The zero-order valence-electron chi connectivity index (χ0n) is 12.4. The van der Waals surface area contributed by atoms with Gasteiger partial charge in [-0.1, -0.05) is 30.3 Å². The number of nitrogens with two attached hydrogens (primary N) is 1. The molecule has 4 nitrogen and oxygen atoms in total. The van der Waals surface area contributed by atoms with E-state index in [4.69, 9.17) is 5.73 Å². The van der Waals surface area contributed by atoms with Crippen molar-refractivity contribution in [3.05, 3.63) is 66.0 Å². The van der Waals surface area contributed by atoms with Gasteiger partial charge >= 0.3 is 0 Å². The summed E-state index contributed by atoms with van der Waals surface area (Å²) in [5.41, 5.74) is 5.56. The molecule has 3 atom stereocenters. The largest absolute Gasteiger partial charge is 0.396 e. The Hall–Kier alpha value is -1.76. The van der Waals surface area contributed by atoms with Gasteiger partial charge in [0.05, 0.1) is 16.8 Å². The fourth-order valence-electron chi connectivity index (χ4n) is 3.37. The van der Waals surface area contributed by atoms with Crippen LogP contribution in [0.4, 0.5) is 4.39 Å². The molecule has 2 aromatic carbocycles. The second kappa shape index (κ2) is 5.70. The second-order valence-electron chi connectivity index (χ2n) is 5.90. The van der Waals surface area contributed by atoms with E-state index < -0.39 is 26.4 Å². The van der Waals surface area contributed by atoms with Gasteiger partial charge in [0, 0.05) is 17.9 Å². The molecule has 0 spiro atoms. The lowest BCUT2D eigenvalue weighted by Gasteiger charge is -2.12. The molecule has 0 unspecified atom stereocenters. The molecular formula is C17H18FNO3S. The van der Waals surface area contributed by atoms with Gasteiger partial charge in [-0.3, -0.25) is 0 Å². The van der Waals surface area contributed by atoms with Crippen molar-refractivity contribution in [2.24, 2.45) is 11.1 Å². The van der Waals surface area contributed by atoms with Gasteiger partial charge < -0.3 is 10.8 Å². The molecule has 122 valence electrons. The number of benzene rings is 2. The van der Waals surface area contributed by atoms with Crippen LogP contribution in [0.2, 0.25) is 0 Å². The number of halogens is 1. The van der Waals surface area contributed by atoms with Crippen LogP contribution in [0.15, 0.2) is 59.5 Å². The van der Waals surface area contributed by atoms with Gasteiger partial charge in [0.2, 0.25) is 0 Å². The normalized spacial score (nSPS) is 26.9. The van der Waals surface area contributed by atoms with Crippen molar-refractivity contribution < 1.29 is 17.9 Å². The average molecular weight is 335 g/mol. The molecule has 3 rings (SSSR count). The molecule has 1 saturated carbocycles. The third kappa shape index (κ3) is 2.47. The highest BCUT2D eigenvalue weighted by molar-refractivity contribution is 7.92. The average Bonchev–Trinajstić information content (AvgIpc) is 3.27. The Bertz CT molecular complexity index is 786. The van der Waals surface area contributed by atoms with E-state index in [-0.39, 0.29) is 23.9 Å². The zero-order chi connectivity index (χ0) is 16.7. The van der Waals surface area contributed by atoms with E-state index in [1.165, 1.54) is 24.3 Å². The zero-order valence-corrected chi connectivity index (χ0v) is 13.2. The van der Waals surface area contributed by atoms with Gasteiger partial charge in [0.25, 0.3) is 0 Å². The summed E-state index contributed by atoms with van der Waals surface area (Å²) in [5.74, 6) is -0.831. The number of sulfone groups is 1. The molecular weight excluding hydrogens is 317 g/mol. The lowest BCUT2D eigenvalue weighted by Crippen LogP contribution is -2.27. The Kier molecular flexibility index (Phi) is 4.00.